The molecule has 1 N–H and O–H groups in total. The lowest BCUT2D eigenvalue weighted by Crippen LogP contribution is -2.30. The number of amides is 1. The molecule has 0 aromatic carbocycles. The van der Waals surface area contributed by atoms with Crippen LogP contribution in [0.2, 0.25) is 0 Å². The van der Waals surface area contributed by atoms with E-state index < -0.39 is 0 Å². The topological polar surface area (TPSA) is 71.3 Å². The average Bonchev–Trinajstić information content (AvgIpc) is 2.96. The van der Waals surface area contributed by atoms with E-state index in [9.17, 15) is 4.79 Å². The number of nitrogens with one attached hydrogen (secondary N) is 1. The lowest BCUT2D eigenvalue weighted by molar-refractivity contribution is 0.0931. The molecule has 0 spiro atoms. The third kappa shape index (κ3) is 4.13. The Kier molecular flexibility index (Phi) is 5.05. The second-order valence-electron chi connectivity index (χ2n) is 5.01. The van der Waals surface area contributed by atoms with Gasteiger partial charge in [0.1, 0.15) is 5.76 Å². The van der Waals surface area contributed by atoms with E-state index in [0.717, 1.165) is 17.9 Å². The van der Waals surface area contributed by atoms with E-state index in [4.69, 9.17) is 4.42 Å². The van der Waals surface area contributed by atoms with Gasteiger partial charge in [0.15, 0.2) is 5.76 Å². The number of hydrogen-bond donors (Lipinski definition) is 1. The van der Waals surface area contributed by atoms with Crippen molar-refractivity contribution in [1.29, 1.82) is 0 Å². The molecular weight excluding hydrogens is 268 g/mol. The Morgan fingerprint density at radius 1 is 1.43 bits per heavy atom. The van der Waals surface area contributed by atoms with Crippen LogP contribution in [0.4, 0.5) is 0 Å². The zero-order valence-electron chi connectivity index (χ0n) is 12.5. The summed E-state index contributed by atoms with van der Waals surface area (Å²) in [7, 11) is 3.60. The van der Waals surface area contributed by atoms with Crippen molar-refractivity contribution in [2.75, 3.05) is 14.1 Å². The molecule has 0 unspecified atom stereocenters. The molecule has 0 fully saturated rings. The number of carbonyl (C=O) groups excluding carboxylic acids is 1. The van der Waals surface area contributed by atoms with Crippen molar-refractivity contribution in [1.82, 2.24) is 20.2 Å². The first-order chi connectivity index (χ1) is 10.1. The van der Waals surface area contributed by atoms with E-state index in [1.54, 1.807) is 31.7 Å². The number of carbonyl (C=O) groups is 1. The van der Waals surface area contributed by atoms with Crippen LogP contribution in [0.25, 0.3) is 0 Å². The molecular formula is C15H20N4O2. The van der Waals surface area contributed by atoms with Crippen LogP contribution in [-0.2, 0) is 13.0 Å². The number of nitrogens with zero attached hydrogens (tertiary/aromatic N) is 3. The van der Waals surface area contributed by atoms with Gasteiger partial charge in [0.05, 0.1) is 12.2 Å². The summed E-state index contributed by atoms with van der Waals surface area (Å²) in [4.78, 5) is 22.0. The predicted octanol–water partition coefficient (Wildman–Crippen LogP) is 1.49. The summed E-state index contributed by atoms with van der Waals surface area (Å²) in [5.41, 5.74) is 0.961. The lowest BCUT2D eigenvalue weighted by Gasteiger charge is -2.23. The first kappa shape index (κ1) is 15.2. The summed E-state index contributed by atoms with van der Waals surface area (Å²) >= 11 is 0. The van der Waals surface area contributed by atoms with Crippen molar-refractivity contribution in [3.63, 3.8) is 0 Å². The molecule has 0 aliphatic heterocycles. The van der Waals surface area contributed by atoms with Crippen molar-refractivity contribution in [3.8, 4) is 0 Å². The van der Waals surface area contributed by atoms with Gasteiger partial charge in [0.25, 0.3) is 5.91 Å². The SMILES string of the molecule is CNC(=O)c1ccc(CN(C)[C@@H](C)Cc2cnccn2)o1. The molecule has 1 atom stereocenters. The van der Waals surface area contributed by atoms with Gasteiger partial charge in [-0.15, -0.1) is 0 Å². The quantitative estimate of drug-likeness (QED) is 0.872. The molecule has 2 rings (SSSR count). The van der Waals surface area contributed by atoms with Crippen LogP contribution < -0.4 is 5.32 Å². The summed E-state index contributed by atoms with van der Waals surface area (Å²) in [6.07, 6.45) is 5.96. The van der Waals surface area contributed by atoms with Gasteiger partial charge in [0.2, 0.25) is 0 Å². The third-order valence-electron chi connectivity index (χ3n) is 3.39. The molecule has 1 amide bonds. The molecule has 0 bridgehead atoms. The highest BCUT2D eigenvalue weighted by atomic mass is 16.4. The lowest BCUT2D eigenvalue weighted by atomic mass is 10.1. The molecule has 112 valence electrons. The second-order valence-corrected chi connectivity index (χ2v) is 5.01. The van der Waals surface area contributed by atoms with Crippen molar-refractivity contribution in [2.45, 2.75) is 25.9 Å². The van der Waals surface area contributed by atoms with E-state index in [2.05, 4.69) is 27.1 Å². The summed E-state index contributed by atoms with van der Waals surface area (Å²) in [5.74, 6) is 0.890. The highest BCUT2D eigenvalue weighted by Gasteiger charge is 2.15. The zero-order chi connectivity index (χ0) is 15.2. The smallest absolute Gasteiger partial charge is 0.286 e. The fourth-order valence-electron chi connectivity index (χ4n) is 2.00. The molecule has 6 heteroatoms. The Balaban J connectivity index is 1.92. The summed E-state index contributed by atoms with van der Waals surface area (Å²) in [5, 5.41) is 2.54. The number of hydrogen-bond acceptors (Lipinski definition) is 5. The van der Waals surface area contributed by atoms with Crippen LogP contribution in [0.15, 0.2) is 35.1 Å². The van der Waals surface area contributed by atoms with Gasteiger partial charge in [-0.05, 0) is 26.1 Å². The first-order valence-corrected chi connectivity index (χ1v) is 6.86. The van der Waals surface area contributed by atoms with Crippen LogP contribution in [0, 0.1) is 0 Å². The molecule has 2 aromatic heterocycles. The average molecular weight is 288 g/mol. The van der Waals surface area contributed by atoms with E-state index in [0.29, 0.717) is 12.3 Å². The standard InChI is InChI=1S/C15H20N4O2/c1-11(8-12-9-17-6-7-18-12)19(3)10-13-4-5-14(21-13)15(20)16-2/h4-7,9,11H,8,10H2,1-3H3,(H,16,20)/t11-/m0/s1. The number of rotatable bonds is 6. The van der Waals surface area contributed by atoms with Crippen molar-refractivity contribution < 1.29 is 9.21 Å². The minimum Gasteiger partial charge on any atom is -0.455 e. The van der Waals surface area contributed by atoms with Gasteiger partial charge in [-0.3, -0.25) is 19.7 Å². The fraction of sp³-hybridized carbons (Fsp3) is 0.400. The van der Waals surface area contributed by atoms with Crippen molar-refractivity contribution >= 4 is 5.91 Å². The second kappa shape index (κ2) is 6.99. The zero-order valence-corrected chi connectivity index (χ0v) is 12.5. The highest BCUT2D eigenvalue weighted by Crippen LogP contribution is 2.13. The van der Waals surface area contributed by atoms with E-state index in [-0.39, 0.29) is 11.9 Å². The summed E-state index contributed by atoms with van der Waals surface area (Å²) < 4.78 is 5.53. The predicted molar refractivity (Wildman–Crippen MR) is 78.8 cm³/mol. The molecule has 0 aliphatic rings. The Morgan fingerprint density at radius 3 is 2.90 bits per heavy atom. The minimum absolute atomic E-state index is 0.212. The molecule has 0 saturated heterocycles. The van der Waals surface area contributed by atoms with E-state index >= 15 is 0 Å². The van der Waals surface area contributed by atoms with Crippen LogP contribution >= 0.6 is 0 Å². The Morgan fingerprint density at radius 2 is 2.24 bits per heavy atom. The molecule has 0 aliphatic carbocycles. The maximum atomic E-state index is 11.5. The molecule has 6 nitrogen and oxygen atoms in total. The maximum absolute atomic E-state index is 11.5. The molecule has 2 aromatic rings. The van der Waals surface area contributed by atoms with Crippen LogP contribution in [0.3, 0.4) is 0 Å². The highest BCUT2D eigenvalue weighted by molar-refractivity contribution is 5.91. The van der Waals surface area contributed by atoms with Gasteiger partial charge < -0.3 is 9.73 Å². The third-order valence-corrected chi connectivity index (χ3v) is 3.39. The normalized spacial score (nSPS) is 12.4. The Hall–Kier alpha value is -2.21. The minimum atomic E-state index is -0.212. The van der Waals surface area contributed by atoms with Gasteiger partial charge in [0, 0.05) is 38.1 Å². The Bertz CT molecular complexity index is 582. The number of furan rings is 1. The number of likely N-dealkylation sites (N-methyl/N-ethyl adjacent to an activating group) is 1. The van der Waals surface area contributed by atoms with Crippen LogP contribution in [0.1, 0.15) is 28.9 Å². The van der Waals surface area contributed by atoms with Crippen molar-refractivity contribution in [2.24, 2.45) is 0 Å². The van der Waals surface area contributed by atoms with Crippen LogP contribution in [0.5, 0.6) is 0 Å². The molecule has 21 heavy (non-hydrogen) atoms. The van der Waals surface area contributed by atoms with Gasteiger partial charge in [-0.2, -0.15) is 0 Å². The van der Waals surface area contributed by atoms with Crippen molar-refractivity contribution in [3.05, 3.63) is 47.9 Å². The van der Waals surface area contributed by atoms with Gasteiger partial charge in [-0.1, -0.05) is 0 Å². The fourth-order valence-corrected chi connectivity index (χ4v) is 2.00. The summed E-state index contributed by atoms with van der Waals surface area (Å²) in [6, 6.07) is 3.81. The largest absolute Gasteiger partial charge is 0.455 e. The summed E-state index contributed by atoms with van der Waals surface area (Å²) in [6.45, 7) is 2.76. The van der Waals surface area contributed by atoms with Crippen LogP contribution in [-0.4, -0.2) is 40.9 Å². The molecule has 2 heterocycles. The van der Waals surface area contributed by atoms with Gasteiger partial charge in [-0.25, -0.2) is 0 Å². The van der Waals surface area contributed by atoms with E-state index in [1.165, 1.54) is 0 Å². The van der Waals surface area contributed by atoms with Gasteiger partial charge >= 0.3 is 0 Å². The first-order valence-electron chi connectivity index (χ1n) is 6.86. The monoisotopic (exact) mass is 288 g/mol. The number of aromatic nitrogens is 2. The molecule has 0 saturated carbocycles. The molecule has 0 radical (unpaired) electrons. The van der Waals surface area contributed by atoms with E-state index in [1.807, 2.05) is 13.1 Å². The maximum Gasteiger partial charge on any atom is 0.286 e. The Labute approximate surface area is 124 Å².